The molecule has 0 spiro atoms. The second-order valence-electron chi connectivity index (χ2n) is 9.80. The third-order valence-electron chi connectivity index (χ3n) is 6.87. The van der Waals surface area contributed by atoms with Gasteiger partial charge in [0.15, 0.2) is 5.78 Å². The molecule has 4 aromatic carbocycles. The van der Waals surface area contributed by atoms with Gasteiger partial charge in [-0.3, -0.25) is 19.7 Å². The zero-order valence-electron chi connectivity index (χ0n) is 22.9. The monoisotopic (exact) mass is 561 g/mol. The summed E-state index contributed by atoms with van der Waals surface area (Å²) in [4.78, 5) is 57.7. The molecule has 5 rings (SSSR count). The number of aliphatic imine (C=N–C) groups is 1. The van der Waals surface area contributed by atoms with Crippen LogP contribution in [-0.4, -0.2) is 41.1 Å². The van der Waals surface area contributed by atoms with Gasteiger partial charge >= 0.3 is 6.03 Å². The van der Waals surface area contributed by atoms with Gasteiger partial charge in [-0.25, -0.2) is 9.79 Å². The molecule has 10 heteroatoms. The lowest BCUT2D eigenvalue weighted by Gasteiger charge is -2.25. The predicted molar refractivity (Wildman–Crippen MR) is 160 cm³/mol. The van der Waals surface area contributed by atoms with E-state index in [9.17, 15) is 24.5 Å². The van der Waals surface area contributed by atoms with Gasteiger partial charge in [0.1, 0.15) is 5.69 Å². The molecule has 42 heavy (non-hydrogen) atoms. The fourth-order valence-electron chi connectivity index (χ4n) is 4.81. The Morgan fingerprint density at radius 2 is 1.62 bits per heavy atom. The lowest BCUT2D eigenvalue weighted by Crippen LogP contribution is -2.50. The van der Waals surface area contributed by atoms with Gasteiger partial charge in [0.25, 0.3) is 11.6 Å². The van der Waals surface area contributed by atoms with Crippen LogP contribution in [-0.2, 0) is 4.79 Å². The van der Waals surface area contributed by atoms with Crippen molar-refractivity contribution in [2.24, 2.45) is 4.99 Å². The summed E-state index contributed by atoms with van der Waals surface area (Å²) >= 11 is 0. The van der Waals surface area contributed by atoms with E-state index >= 15 is 0 Å². The first-order valence-electron chi connectivity index (χ1n) is 13.2. The molecule has 1 heterocycles. The van der Waals surface area contributed by atoms with Crippen molar-refractivity contribution in [3.63, 3.8) is 0 Å². The normalized spacial score (nSPS) is 14.3. The first-order valence-corrected chi connectivity index (χ1v) is 13.2. The van der Waals surface area contributed by atoms with Crippen molar-refractivity contribution in [3.8, 4) is 0 Å². The molecule has 0 aliphatic carbocycles. The second-order valence-corrected chi connectivity index (χ2v) is 9.80. The van der Waals surface area contributed by atoms with Gasteiger partial charge in [0, 0.05) is 22.8 Å². The number of rotatable bonds is 7. The van der Waals surface area contributed by atoms with E-state index in [2.05, 4.69) is 15.6 Å². The highest BCUT2D eigenvalue weighted by atomic mass is 16.6. The second kappa shape index (κ2) is 11.8. The van der Waals surface area contributed by atoms with E-state index in [1.165, 1.54) is 17.0 Å². The summed E-state index contributed by atoms with van der Waals surface area (Å²) in [6.07, 6.45) is -1.44. The van der Waals surface area contributed by atoms with E-state index in [-0.39, 0.29) is 23.7 Å². The molecule has 1 aliphatic heterocycles. The molecule has 0 saturated heterocycles. The number of anilines is 2. The molecule has 0 bridgehead atoms. The molecule has 4 aromatic rings. The Morgan fingerprint density at radius 1 is 0.929 bits per heavy atom. The fourth-order valence-corrected chi connectivity index (χ4v) is 4.81. The van der Waals surface area contributed by atoms with E-state index in [1.807, 2.05) is 49.4 Å². The zero-order chi connectivity index (χ0) is 29.8. The smallest absolute Gasteiger partial charge is 0.308 e. The first-order chi connectivity index (χ1) is 20.2. The van der Waals surface area contributed by atoms with E-state index in [0.717, 1.165) is 5.56 Å². The molecule has 0 unspecified atom stereocenters. The number of nitro groups is 1. The molecule has 1 aliphatic rings. The molecule has 0 fully saturated rings. The van der Waals surface area contributed by atoms with Gasteiger partial charge in [0.05, 0.1) is 22.9 Å². The summed E-state index contributed by atoms with van der Waals surface area (Å²) in [6.45, 7) is 3.23. The molecule has 1 atom stereocenters. The lowest BCUT2D eigenvalue weighted by atomic mass is 9.99. The number of benzene rings is 4. The van der Waals surface area contributed by atoms with Gasteiger partial charge in [-0.2, -0.15) is 0 Å². The Balaban J connectivity index is 1.54. The number of hydrogen-bond acceptors (Lipinski definition) is 6. The van der Waals surface area contributed by atoms with Gasteiger partial charge < -0.3 is 15.5 Å². The maximum atomic E-state index is 14.1. The van der Waals surface area contributed by atoms with E-state index in [0.29, 0.717) is 33.7 Å². The average Bonchev–Trinajstić information content (AvgIpc) is 3.09. The largest absolute Gasteiger partial charge is 0.321 e. The minimum Gasteiger partial charge on any atom is -0.308 e. The summed E-state index contributed by atoms with van der Waals surface area (Å²) in [6, 6.07) is 26.9. The number of ketones is 1. The number of nitrogens with zero attached hydrogens (tertiary/aromatic N) is 3. The van der Waals surface area contributed by atoms with Crippen molar-refractivity contribution < 1.29 is 19.3 Å². The Hall–Kier alpha value is -5.64. The number of carbonyl (C=O) groups excluding carboxylic acids is 3. The number of nitro benzene ring substituents is 1. The maximum Gasteiger partial charge on any atom is 0.321 e. The molecule has 210 valence electrons. The Kier molecular flexibility index (Phi) is 7.87. The summed E-state index contributed by atoms with van der Waals surface area (Å²) in [5.74, 6) is -0.915. The average molecular weight is 562 g/mol. The standard InChI is InChI=1S/C32H27N5O5/c1-20-16-17-25(27(18-20)37(41)42)33-32(40)35-30-31(39)36(19-28(38)23-13-7-6-10-21(23)2)26-15-9-8-14-24(26)29(34-30)22-11-4-3-5-12-22/h3-18,30H,19H2,1-2H3,(H2,33,35,40)/t30-/m0/s1. The third-order valence-corrected chi connectivity index (χ3v) is 6.87. The summed E-state index contributed by atoms with van der Waals surface area (Å²) in [5.41, 5.74) is 3.78. The van der Waals surface area contributed by atoms with Crippen molar-refractivity contribution in [3.05, 3.63) is 135 Å². The van der Waals surface area contributed by atoms with Crippen LogP contribution < -0.4 is 15.5 Å². The molecule has 0 saturated carbocycles. The lowest BCUT2D eigenvalue weighted by molar-refractivity contribution is -0.384. The fraction of sp³-hybridized carbons (Fsp3) is 0.125. The van der Waals surface area contributed by atoms with Crippen LogP contribution in [0.1, 0.15) is 32.6 Å². The maximum absolute atomic E-state index is 14.1. The van der Waals surface area contributed by atoms with Crippen LogP contribution in [0.4, 0.5) is 21.9 Å². The van der Waals surface area contributed by atoms with Gasteiger partial charge in [0.2, 0.25) is 6.17 Å². The van der Waals surface area contributed by atoms with Crippen LogP contribution in [0.2, 0.25) is 0 Å². The van der Waals surface area contributed by atoms with Crippen molar-refractivity contribution in [1.29, 1.82) is 0 Å². The van der Waals surface area contributed by atoms with Crippen LogP contribution in [0.3, 0.4) is 0 Å². The van der Waals surface area contributed by atoms with Gasteiger partial charge in [-0.1, -0.05) is 78.9 Å². The predicted octanol–water partition coefficient (Wildman–Crippen LogP) is 5.43. The van der Waals surface area contributed by atoms with Gasteiger partial charge in [-0.15, -0.1) is 0 Å². The molecule has 0 aromatic heterocycles. The molecule has 3 amide bonds. The van der Waals surface area contributed by atoms with Crippen molar-refractivity contribution >= 4 is 40.5 Å². The number of para-hydroxylation sites is 1. The van der Waals surface area contributed by atoms with Crippen molar-refractivity contribution in [2.45, 2.75) is 20.0 Å². The van der Waals surface area contributed by atoms with Crippen LogP contribution in [0.5, 0.6) is 0 Å². The van der Waals surface area contributed by atoms with Crippen LogP contribution >= 0.6 is 0 Å². The number of benzodiazepines with no additional fused rings is 1. The zero-order valence-corrected chi connectivity index (χ0v) is 22.9. The molecule has 0 radical (unpaired) electrons. The quantitative estimate of drug-likeness (QED) is 0.176. The number of nitrogens with one attached hydrogen (secondary N) is 2. The molecular formula is C32H27N5O5. The topological polar surface area (TPSA) is 134 Å². The highest BCUT2D eigenvalue weighted by Gasteiger charge is 2.34. The summed E-state index contributed by atoms with van der Waals surface area (Å²) in [7, 11) is 0. The first kappa shape index (κ1) is 27.9. The van der Waals surface area contributed by atoms with Gasteiger partial charge in [-0.05, 0) is 37.1 Å². The Labute approximate surface area is 241 Å². The minimum atomic E-state index is -1.44. The minimum absolute atomic E-state index is 0.0358. The highest BCUT2D eigenvalue weighted by molar-refractivity contribution is 6.21. The number of amides is 3. The summed E-state index contributed by atoms with van der Waals surface area (Å²) in [5, 5.41) is 16.6. The number of Topliss-reactive ketones (excluding diaryl/α,β-unsaturated/α-hetero) is 1. The number of urea groups is 1. The van der Waals surface area contributed by atoms with Crippen LogP contribution in [0.15, 0.2) is 102 Å². The van der Waals surface area contributed by atoms with Crippen molar-refractivity contribution in [1.82, 2.24) is 5.32 Å². The number of aryl methyl sites for hydroxylation is 2. The number of carbonyl (C=O) groups is 3. The third kappa shape index (κ3) is 5.78. The van der Waals surface area contributed by atoms with E-state index in [1.54, 1.807) is 49.4 Å². The number of hydrogen-bond donors (Lipinski definition) is 2. The van der Waals surface area contributed by atoms with E-state index in [4.69, 9.17) is 0 Å². The van der Waals surface area contributed by atoms with E-state index < -0.39 is 23.0 Å². The van der Waals surface area contributed by atoms with Crippen molar-refractivity contribution in [2.75, 3.05) is 16.8 Å². The Morgan fingerprint density at radius 3 is 2.36 bits per heavy atom. The molecule has 10 nitrogen and oxygen atoms in total. The molecule has 2 N–H and O–H groups in total. The molecular weight excluding hydrogens is 534 g/mol. The SMILES string of the molecule is Cc1ccc(NC(=O)N[C@@H]2N=C(c3ccccc3)c3ccccc3N(CC(=O)c3ccccc3C)C2=O)c([N+](=O)[O-])c1. The van der Waals surface area contributed by atoms with Crippen LogP contribution in [0.25, 0.3) is 0 Å². The Bertz CT molecular complexity index is 1730. The van der Waals surface area contributed by atoms with Crippen LogP contribution in [0, 0.1) is 24.0 Å². The number of fused-ring (bicyclic) bond motifs is 1. The summed E-state index contributed by atoms with van der Waals surface area (Å²) < 4.78 is 0. The highest BCUT2D eigenvalue weighted by Crippen LogP contribution is 2.29.